The number of carbonyl (C=O) groups excluding carboxylic acids is 2. The Kier molecular flexibility index (Phi) is 11.0. The predicted molar refractivity (Wildman–Crippen MR) is 126 cm³/mol. The van der Waals surface area contributed by atoms with Crippen LogP contribution in [0.2, 0.25) is 5.02 Å². The summed E-state index contributed by atoms with van der Waals surface area (Å²) >= 11 is 5.96. The van der Waals surface area contributed by atoms with Crippen LogP contribution in [0.5, 0.6) is 0 Å². The van der Waals surface area contributed by atoms with Gasteiger partial charge in [0.15, 0.2) is 5.82 Å². The molecule has 0 spiro atoms. The fourth-order valence-corrected chi connectivity index (χ4v) is 3.12. The average molecular weight is 466 g/mol. The van der Waals surface area contributed by atoms with E-state index in [-0.39, 0.29) is 11.7 Å². The monoisotopic (exact) mass is 465 g/mol. The molecule has 3 amide bonds. The lowest BCUT2D eigenvalue weighted by molar-refractivity contribution is 0.0687. The van der Waals surface area contributed by atoms with Crippen LogP contribution in [-0.4, -0.2) is 55.0 Å². The number of anilines is 2. The molecule has 0 saturated heterocycles. The van der Waals surface area contributed by atoms with Crippen LogP contribution in [0, 0.1) is 6.92 Å². The van der Waals surface area contributed by atoms with Crippen LogP contribution >= 0.6 is 11.6 Å². The van der Waals surface area contributed by atoms with Crippen LogP contribution in [0.25, 0.3) is 0 Å². The van der Waals surface area contributed by atoms with Gasteiger partial charge in [0.2, 0.25) is 5.82 Å². The zero-order valence-electron chi connectivity index (χ0n) is 18.9. The van der Waals surface area contributed by atoms with Gasteiger partial charge >= 0.3 is 6.03 Å². The zero-order valence-corrected chi connectivity index (χ0v) is 19.6. The molecule has 176 valence electrons. The van der Waals surface area contributed by atoms with Crippen molar-refractivity contribution in [1.82, 2.24) is 14.9 Å². The van der Waals surface area contributed by atoms with E-state index in [0.29, 0.717) is 55.9 Å². The second kappa shape index (κ2) is 13.7. The lowest BCUT2D eigenvalue weighted by Gasteiger charge is -2.08. The van der Waals surface area contributed by atoms with E-state index in [0.717, 1.165) is 18.4 Å². The second-order valence-electron chi connectivity index (χ2n) is 7.25. The Morgan fingerprint density at radius 2 is 1.97 bits per heavy atom. The van der Waals surface area contributed by atoms with Crippen molar-refractivity contribution in [2.45, 2.75) is 39.7 Å². The topological polar surface area (TPSA) is 107 Å². The molecule has 0 aliphatic heterocycles. The summed E-state index contributed by atoms with van der Waals surface area (Å²) in [6, 6.07) is 4.75. The quantitative estimate of drug-likeness (QED) is 0.386. The first-order valence-corrected chi connectivity index (χ1v) is 11.1. The molecule has 3 N–H and O–H groups in total. The summed E-state index contributed by atoms with van der Waals surface area (Å²) < 4.78 is 12.1. The van der Waals surface area contributed by atoms with Crippen molar-refractivity contribution in [3.8, 4) is 0 Å². The zero-order chi connectivity index (χ0) is 23.3. The van der Waals surface area contributed by atoms with Crippen molar-refractivity contribution in [1.29, 1.82) is 0 Å². The molecule has 0 saturated carbocycles. The van der Waals surface area contributed by atoms with Crippen molar-refractivity contribution in [3.63, 3.8) is 0 Å². The van der Waals surface area contributed by atoms with E-state index in [2.05, 4.69) is 27.9 Å². The molecule has 0 radical (unpaired) electrons. The van der Waals surface area contributed by atoms with Gasteiger partial charge in [-0.15, -0.1) is 0 Å². The van der Waals surface area contributed by atoms with Crippen molar-refractivity contribution in [2.24, 2.45) is 0 Å². The number of hydrogen-bond acceptors (Lipinski definition) is 5. The predicted octanol–water partition coefficient (Wildman–Crippen LogP) is 4.07. The van der Waals surface area contributed by atoms with Gasteiger partial charge in [-0.3, -0.25) is 10.1 Å². The van der Waals surface area contributed by atoms with Crippen molar-refractivity contribution in [2.75, 3.05) is 44.1 Å². The molecule has 0 fully saturated rings. The van der Waals surface area contributed by atoms with Crippen LogP contribution in [-0.2, 0) is 16.0 Å². The average Bonchev–Trinajstić information content (AvgIpc) is 3.16. The molecule has 9 nitrogen and oxygen atoms in total. The number of aryl methyl sites for hydroxylation is 2. The van der Waals surface area contributed by atoms with E-state index in [1.807, 2.05) is 6.92 Å². The van der Waals surface area contributed by atoms with Gasteiger partial charge in [-0.2, -0.15) is 0 Å². The number of unbranched alkanes of at least 4 members (excludes halogenated alkanes) is 1. The highest BCUT2D eigenvalue weighted by Gasteiger charge is 2.17. The third-order valence-corrected chi connectivity index (χ3v) is 4.83. The molecule has 1 aromatic carbocycles. The Hall–Kier alpha value is -2.62. The molecule has 10 heteroatoms. The lowest BCUT2D eigenvalue weighted by atomic mass is 10.2. The number of nitrogens with zero attached hydrogens (tertiary/aromatic N) is 2. The van der Waals surface area contributed by atoms with Crippen LogP contribution < -0.4 is 16.0 Å². The first-order valence-electron chi connectivity index (χ1n) is 10.7. The van der Waals surface area contributed by atoms with E-state index in [9.17, 15) is 9.59 Å². The lowest BCUT2D eigenvalue weighted by Crippen LogP contribution is -2.28. The first kappa shape index (κ1) is 25.6. The maximum absolute atomic E-state index is 12.6. The van der Waals surface area contributed by atoms with Crippen molar-refractivity contribution >= 4 is 35.0 Å². The highest BCUT2D eigenvalue weighted by molar-refractivity contribution is 6.30. The van der Waals surface area contributed by atoms with Gasteiger partial charge < -0.3 is 24.7 Å². The smallest absolute Gasteiger partial charge is 0.324 e. The number of aromatic nitrogens is 2. The second-order valence-corrected chi connectivity index (χ2v) is 7.69. The number of carbonyl (C=O) groups is 2. The third-order valence-electron chi connectivity index (χ3n) is 4.59. The van der Waals surface area contributed by atoms with Gasteiger partial charge in [0.1, 0.15) is 0 Å². The highest BCUT2D eigenvalue weighted by atomic mass is 35.5. The van der Waals surface area contributed by atoms with Crippen LogP contribution in [0.3, 0.4) is 0 Å². The van der Waals surface area contributed by atoms with Crippen LogP contribution in [0.4, 0.5) is 16.3 Å². The number of benzene rings is 1. The number of amides is 3. The maximum atomic E-state index is 12.6. The number of urea groups is 1. The summed E-state index contributed by atoms with van der Waals surface area (Å²) in [5, 5.41) is 8.91. The largest absolute Gasteiger partial charge is 0.382 e. The Bertz CT molecular complexity index is 887. The minimum atomic E-state index is -0.448. The maximum Gasteiger partial charge on any atom is 0.324 e. The standard InChI is InChI=1S/C22H32ClN5O4/c1-4-5-10-28-15-19(27-22(30)25-18-8-7-17(23)14-16(18)2)26-20(28)21(29)24-9-6-11-32-13-12-31-3/h7-8,14-15H,4-6,9-13H2,1-3H3,(H,24,29)(H2,25,27,30). The Morgan fingerprint density at radius 1 is 1.16 bits per heavy atom. The number of methoxy groups -OCH3 is 1. The van der Waals surface area contributed by atoms with E-state index in [4.69, 9.17) is 21.1 Å². The van der Waals surface area contributed by atoms with Gasteiger partial charge in [0, 0.05) is 43.7 Å². The molecule has 0 aliphatic rings. The summed E-state index contributed by atoms with van der Waals surface area (Å²) in [5.74, 6) is 0.273. The summed E-state index contributed by atoms with van der Waals surface area (Å²) in [4.78, 5) is 29.4. The SMILES string of the molecule is CCCCn1cc(NC(=O)Nc2ccc(Cl)cc2C)nc1C(=O)NCCCOCCOC. The van der Waals surface area contributed by atoms with Crippen molar-refractivity contribution < 1.29 is 19.1 Å². The molecule has 1 heterocycles. The first-order chi connectivity index (χ1) is 15.4. The molecular weight excluding hydrogens is 434 g/mol. The van der Waals surface area contributed by atoms with E-state index in [1.54, 1.807) is 36.1 Å². The van der Waals surface area contributed by atoms with E-state index >= 15 is 0 Å². The third kappa shape index (κ3) is 8.49. The molecule has 0 atom stereocenters. The number of rotatable bonds is 13. The van der Waals surface area contributed by atoms with E-state index < -0.39 is 6.03 Å². The number of halogens is 1. The Labute approximate surface area is 193 Å². The molecule has 2 aromatic rings. The minimum Gasteiger partial charge on any atom is -0.382 e. The number of ether oxygens (including phenoxy) is 2. The highest BCUT2D eigenvalue weighted by Crippen LogP contribution is 2.20. The summed E-state index contributed by atoms with van der Waals surface area (Å²) in [7, 11) is 1.62. The van der Waals surface area contributed by atoms with Crippen molar-refractivity contribution in [3.05, 3.63) is 40.8 Å². The minimum absolute atomic E-state index is 0.261. The van der Waals surface area contributed by atoms with Gasteiger partial charge in [0.25, 0.3) is 5.91 Å². The number of hydrogen-bond donors (Lipinski definition) is 3. The Morgan fingerprint density at radius 3 is 2.69 bits per heavy atom. The molecule has 1 aromatic heterocycles. The molecule has 0 bridgehead atoms. The van der Waals surface area contributed by atoms with E-state index in [1.165, 1.54) is 0 Å². The fourth-order valence-electron chi connectivity index (χ4n) is 2.89. The van der Waals surface area contributed by atoms with Gasteiger partial charge in [-0.05, 0) is 43.5 Å². The number of imidazole rings is 1. The summed E-state index contributed by atoms with van der Waals surface area (Å²) in [5.41, 5.74) is 1.48. The molecule has 0 unspecified atom stereocenters. The normalized spacial score (nSPS) is 10.8. The van der Waals surface area contributed by atoms with Gasteiger partial charge in [-0.1, -0.05) is 24.9 Å². The molecule has 2 rings (SSSR count). The van der Waals surface area contributed by atoms with Gasteiger partial charge in [-0.25, -0.2) is 9.78 Å². The van der Waals surface area contributed by atoms with Gasteiger partial charge in [0.05, 0.1) is 13.2 Å². The fraction of sp³-hybridized carbons (Fsp3) is 0.500. The van der Waals surface area contributed by atoms with Crippen LogP contribution in [0.1, 0.15) is 42.4 Å². The number of nitrogens with one attached hydrogen (secondary N) is 3. The molecule has 32 heavy (non-hydrogen) atoms. The molecule has 0 aliphatic carbocycles. The Balaban J connectivity index is 1.95. The van der Waals surface area contributed by atoms with Crippen LogP contribution in [0.15, 0.2) is 24.4 Å². The summed E-state index contributed by atoms with van der Waals surface area (Å²) in [6.07, 6.45) is 4.21. The summed E-state index contributed by atoms with van der Waals surface area (Å²) in [6.45, 7) is 6.62. The molecular formula is C22H32ClN5O4.